The van der Waals surface area contributed by atoms with Crippen LogP contribution in [0.4, 0.5) is 0 Å². The number of hydrogen-bond donors (Lipinski definition) is 1. The zero-order valence-electron chi connectivity index (χ0n) is 14.5. The molecular formula is C20H24N4O. The van der Waals surface area contributed by atoms with E-state index in [1.165, 1.54) is 16.5 Å². The lowest BCUT2D eigenvalue weighted by atomic mass is 9.94. The summed E-state index contributed by atoms with van der Waals surface area (Å²) >= 11 is 0. The molecular weight excluding hydrogens is 312 g/mol. The minimum atomic E-state index is -0.284. The highest BCUT2D eigenvalue weighted by atomic mass is 16.3. The van der Waals surface area contributed by atoms with E-state index in [1.54, 1.807) is 0 Å². The summed E-state index contributed by atoms with van der Waals surface area (Å²) in [5, 5.41) is 16.1. The highest BCUT2D eigenvalue weighted by molar-refractivity contribution is 5.81. The maximum absolute atomic E-state index is 10.5. The van der Waals surface area contributed by atoms with Crippen LogP contribution < -0.4 is 0 Å². The fourth-order valence-corrected chi connectivity index (χ4v) is 3.81. The molecule has 0 saturated carbocycles. The number of aliphatic hydroxyl groups excluding tert-OH is 1. The first-order valence-electron chi connectivity index (χ1n) is 8.97. The van der Waals surface area contributed by atoms with Gasteiger partial charge in [-0.05, 0) is 31.0 Å². The normalized spacial score (nSPS) is 21.2. The molecule has 0 radical (unpaired) electrons. The predicted molar refractivity (Wildman–Crippen MR) is 98.1 cm³/mol. The van der Waals surface area contributed by atoms with Crippen molar-refractivity contribution < 1.29 is 5.11 Å². The first-order valence-corrected chi connectivity index (χ1v) is 8.97. The first kappa shape index (κ1) is 16.2. The van der Waals surface area contributed by atoms with Crippen molar-refractivity contribution in [2.45, 2.75) is 32.5 Å². The van der Waals surface area contributed by atoms with Gasteiger partial charge in [-0.2, -0.15) is 5.10 Å². The number of aryl methyl sites for hydroxylation is 1. The molecule has 130 valence electrons. The lowest BCUT2D eigenvalue weighted by Crippen LogP contribution is -2.21. The molecule has 5 heteroatoms. The molecule has 1 aliphatic heterocycles. The number of para-hydroxylation sites is 1. The van der Waals surface area contributed by atoms with Gasteiger partial charge < -0.3 is 5.11 Å². The number of hydrogen-bond acceptors (Lipinski definition) is 4. The van der Waals surface area contributed by atoms with E-state index in [9.17, 15) is 5.11 Å². The summed E-state index contributed by atoms with van der Waals surface area (Å²) in [5.74, 6) is 0.257. The summed E-state index contributed by atoms with van der Waals surface area (Å²) in [4.78, 5) is 6.76. The Balaban J connectivity index is 1.46. The monoisotopic (exact) mass is 336 g/mol. The number of likely N-dealkylation sites (tertiary alicyclic amines) is 1. The number of rotatable bonds is 5. The Morgan fingerprint density at radius 1 is 1.20 bits per heavy atom. The Bertz CT molecular complexity index is 854. The molecule has 0 unspecified atom stereocenters. The van der Waals surface area contributed by atoms with Crippen LogP contribution in [-0.2, 0) is 19.5 Å². The van der Waals surface area contributed by atoms with Gasteiger partial charge in [0.05, 0.1) is 17.8 Å². The van der Waals surface area contributed by atoms with Gasteiger partial charge in [0.15, 0.2) is 0 Å². The van der Waals surface area contributed by atoms with Gasteiger partial charge in [-0.3, -0.25) is 14.6 Å². The van der Waals surface area contributed by atoms with E-state index in [4.69, 9.17) is 0 Å². The van der Waals surface area contributed by atoms with Gasteiger partial charge in [0.2, 0.25) is 0 Å². The average Bonchev–Trinajstić information content (AvgIpc) is 3.22. The van der Waals surface area contributed by atoms with Crippen LogP contribution in [0.1, 0.15) is 18.1 Å². The minimum absolute atomic E-state index is 0.257. The third-order valence-corrected chi connectivity index (χ3v) is 5.12. The van der Waals surface area contributed by atoms with Gasteiger partial charge >= 0.3 is 0 Å². The zero-order valence-corrected chi connectivity index (χ0v) is 14.5. The molecule has 1 N–H and O–H groups in total. The minimum Gasteiger partial charge on any atom is -0.391 e. The van der Waals surface area contributed by atoms with Crippen molar-refractivity contribution in [2.24, 2.45) is 5.92 Å². The van der Waals surface area contributed by atoms with E-state index in [-0.39, 0.29) is 12.0 Å². The van der Waals surface area contributed by atoms with Crippen molar-refractivity contribution in [2.75, 3.05) is 13.1 Å². The average molecular weight is 336 g/mol. The Kier molecular flexibility index (Phi) is 4.51. The second-order valence-corrected chi connectivity index (χ2v) is 6.92. The molecule has 1 fully saturated rings. The standard InChI is InChI=1S/C20H24N4O/c1-2-24-12-15(10-22-24)11-23-13-17(20(25)14-23)9-16-7-8-21-19-6-4-3-5-18(16)19/h3-8,10,12,17,20,25H,2,9,11,13-14H2,1H3/t17-,20+/m1/s1. The molecule has 4 rings (SSSR count). The van der Waals surface area contributed by atoms with E-state index >= 15 is 0 Å². The van der Waals surface area contributed by atoms with Crippen LogP contribution in [-0.4, -0.2) is 44.0 Å². The van der Waals surface area contributed by atoms with E-state index in [0.717, 1.165) is 38.1 Å². The van der Waals surface area contributed by atoms with E-state index in [2.05, 4.69) is 46.3 Å². The largest absolute Gasteiger partial charge is 0.391 e. The van der Waals surface area contributed by atoms with Crippen LogP contribution in [0.5, 0.6) is 0 Å². The van der Waals surface area contributed by atoms with E-state index in [1.807, 2.05) is 29.2 Å². The third-order valence-electron chi connectivity index (χ3n) is 5.12. The van der Waals surface area contributed by atoms with Crippen molar-refractivity contribution in [3.05, 3.63) is 60.0 Å². The Hall–Kier alpha value is -2.24. The summed E-state index contributed by atoms with van der Waals surface area (Å²) in [6.45, 7) is 5.47. The molecule has 2 atom stereocenters. The number of benzene rings is 1. The molecule has 0 aliphatic carbocycles. The van der Waals surface area contributed by atoms with Crippen LogP contribution in [0, 0.1) is 5.92 Å². The Morgan fingerprint density at radius 3 is 2.92 bits per heavy atom. The smallest absolute Gasteiger partial charge is 0.0710 e. The van der Waals surface area contributed by atoms with Gasteiger partial charge in [0.25, 0.3) is 0 Å². The fourth-order valence-electron chi connectivity index (χ4n) is 3.81. The van der Waals surface area contributed by atoms with Crippen molar-refractivity contribution in [3.63, 3.8) is 0 Å². The van der Waals surface area contributed by atoms with Crippen LogP contribution in [0.25, 0.3) is 10.9 Å². The van der Waals surface area contributed by atoms with Crippen LogP contribution in [0.2, 0.25) is 0 Å². The Morgan fingerprint density at radius 2 is 2.08 bits per heavy atom. The number of β-amino-alcohol motifs (C(OH)–C–C–N with tert-alkyl or cyclic N) is 1. The van der Waals surface area contributed by atoms with Gasteiger partial charge in [-0.1, -0.05) is 18.2 Å². The molecule has 0 amide bonds. The highest BCUT2D eigenvalue weighted by Crippen LogP contribution is 2.26. The topological polar surface area (TPSA) is 54.2 Å². The molecule has 2 aromatic heterocycles. The zero-order chi connectivity index (χ0) is 17.2. The molecule has 25 heavy (non-hydrogen) atoms. The first-order chi connectivity index (χ1) is 12.2. The second kappa shape index (κ2) is 6.94. The molecule has 0 spiro atoms. The van der Waals surface area contributed by atoms with Crippen LogP contribution in [0.15, 0.2) is 48.9 Å². The van der Waals surface area contributed by atoms with Gasteiger partial charge in [-0.25, -0.2) is 0 Å². The lowest BCUT2D eigenvalue weighted by molar-refractivity contribution is 0.141. The third kappa shape index (κ3) is 3.43. The van der Waals surface area contributed by atoms with Crippen LogP contribution in [0.3, 0.4) is 0 Å². The van der Waals surface area contributed by atoms with Gasteiger partial charge in [0.1, 0.15) is 0 Å². The van der Waals surface area contributed by atoms with Crippen molar-refractivity contribution in [3.8, 4) is 0 Å². The number of nitrogens with zero attached hydrogens (tertiary/aromatic N) is 4. The van der Waals surface area contributed by atoms with Gasteiger partial charge in [-0.15, -0.1) is 0 Å². The van der Waals surface area contributed by atoms with Crippen molar-refractivity contribution in [1.82, 2.24) is 19.7 Å². The molecule has 3 heterocycles. The van der Waals surface area contributed by atoms with E-state index < -0.39 is 0 Å². The molecule has 1 aromatic carbocycles. The van der Waals surface area contributed by atoms with E-state index in [0.29, 0.717) is 0 Å². The summed E-state index contributed by atoms with van der Waals surface area (Å²) in [6.07, 6.45) is 6.49. The number of pyridine rings is 1. The second-order valence-electron chi connectivity index (χ2n) is 6.92. The number of fused-ring (bicyclic) bond motifs is 1. The molecule has 3 aromatic rings. The summed E-state index contributed by atoms with van der Waals surface area (Å²) < 4.78 is 1.95. The molecule has 1 saturated heterocycles. The van der Waals surface area contributed by atoms with Crippen molar-refractivity contribution >= 4 is 10.9 Å². The highest BCUT2D eigenvalue weighted by Gasteiger charge is 2.31. The number of aromatic nitrogens is 3. The summed E-state index contributed by atoms with van der Waals surface area (Å²) in [6, 6.07) is 10.3. The van der Waals surface area contributed by atoms with Crippen LogP contribution >= 0.6 is 0 Å². The molecule has 0 bridgehead atoms. The van der Waals surface area contributed by atoms with Crippen molar-refractivity contribution in [1.29, 1.82) is 0 Å². The maximum atomic E-state index is 10.5. The number of aliphatic hydroxyl groups is 1. The SMILES string of the molecule is CCn1cc(CN2C[C@@H](Cc3ccnc4ccccc34)[C@@H](O)C2)cn1. The summed E-state index contributed by atoms with van der Waals surface area (Å²) in [5.41, 5.74) is 3.51. The molecule has 1 aliphatic rings. The predicted octanol–water partition coefficient (Wildman–Crippen LogP) is 2.49. The lowest BCUT2D eigenvalue weighted by Gasteiger charge is -2.15. The van der Waals surface area contributed by atoms with Gasteiger partial charge in [0, 0.05) is 55.4 Å². The Labute approximate surface area is 147 Å². The maximum Gasteiger partial charge on any atom is 0.0710 e. The quantitative estimate of drug-likeness (QED) is 0.778. The molecule has 5 nitrogen and oxygen atoms in total. The summed E-state index contributed by atoms with van der Waals surface area (Å²) in [7, 11) is 0. The fraction of sp³-hybridized carbons (Fsp3) is 0.400.